The van der Waals surface area contributed by atoms with Crippen molar-refractivity contribution in [1.82, 2.24) is 0 Å². The summed E-state index contributed by atoms with van der Waals surface area (Å²) in [6.07, 6.45) is 5.75. The van der Waals surface area contributed by atoms with Crippen LogP contribution in [0, 0.1) is 11.3 Å². The van der Waals surface area contributed by atoms with Crippen molar-refractivity contribution in [3.63, 3.8) is 0 Å². The van der Waals surface area contributed by atoms with Gasteiger partial charge in [-0.25, -0.2) is 0 Å². The molecule has 1 nitrogen and oxygen atoms in total. The minimum atomic E-state index is -0.179. The molecule has 51 valence electrons. The maximum Gasteiger partial charge on any atom is 0.204 e. The van der Waals surface area contributed by atoms with E-state index in [0.717, 1.165) is 12.3 Å². The SMILES string of the molecule is CC(C)([C]=O)CC1CC1. The van der Waals surface area contributed by atoms with E-state index in [0.29, 0.717) is 0 Å². The summed E-state index contributed by atoms with van der Waals surface area (Å²) in [4.78, 5) is 10.3. The molecule has 0 atom stereocenters. The summed E-state index contributed by atoms with van der Waals surface area (Å²) in [5.74, 6) is 0.835. The van der Waals surface area contributed by atoms with Gasteiger partial charge in [-0.3, -0.25) is 4.79 Å². The van der Waals surface area contributed by atoms with E-state index < -0.39 is 0 Å². The second-order valence-electron chi connectivity index (χ2n) is 3.63. The molecular weight excluding hydrogens is 112 g/mol. The lowest BCUT2D eigenvalue weighted by Crippen LogP contribution is -2.13. The summed E-state index contributed by atoms with van der Waals surface area (Å²) in [5.41, 5.74) is -0.179. The Morgan fingerprint density at radius 1 is 1.56 bits per heavy atom. The molecule has 0 saturated heterocycles. The number of hydrogen-bond acceptors (Lipinski definition) is 1. The van der Waals surface area contributed by atoms with Crippen LogP contribution in [0.3, 0.4) is 0 Å². The first kappa shape index (κ1) is 6.79. The zero-order valence-electron chi connectivity index (χ0n) is 6.11. The Balaban J connectivity index is 2.29. The first-order valence-electron chi connectivity index (χ1n) is 3.53. The van der Waals surface area contributed by atoms with Crippen molar-refractivity contribution in [2.75, 3.05) is 0 Å². The Hall–Kier alpha value is -0.330. The Kier molecular flexibility index (Phi) is 1.60. The highest BCUT2D eigenvalue weighted by Gasteiger charge is 2.30. The van der Waals surface area contributed by atoms with Gasteiger partial charge >= 0.3 is 0 Å². The van der Waals surface area contributed by atoms with Crippen LogP contribution in [0.2, 0.25) is 0 Å². The molecule has 0 spiro atoms. The van der Waals surface area contributed by atoms with Crippen molar-refractivity contribution in [3.05, 3.63) is 0 Å². The summed E-state index contributed by atoms with van der Waals surface area (Å²) in [5, 5.41) is 0. The van der Waals surface area contributed by atoms with Crippen LogP contribution in [-0.4, -0.2) is 6.29 Å². The Bertz CT molecular complexity index is 112. The molecule has 1 heteroatoms. The van der Waals surface area contributed by atoms with Gasteiger partial charge < -0.3 is 0 Å². The van der Waals surface area contributed by atoms with E-state index in [1.54, 1.807) is 0 Å². The van der Waals surface area contributed by atoms with E-state index in [1.165, 1.54) is 12.8 Å². The van der Waals surface area contributed by atoms with Crippen LogP contribution >= 0.6 is 0 Å². The fourth-order valence-corrected chi connectivity index (χ4v) is 1.09. The van der Waals surface area contributed by atoms with Crippen LogP contribution in [0.5, 0.6) is 0 Å². The molecule has 1 aliphatic rings. The molecule has 9 heavy (non-hydrogen) atoms. The molecule has 0 aromatic heterocycles. The third-order valence-corrected chi connectivity index (χ3v) is 1.77. The average molecular weight is 125 g/mol. The second kappa shape index (κ2) is 2.13. The van der Waals surface area contributed by atoms with Gasteiger partial charge in [-0.15, -0.1) is 0 Å². The molecule has 0 amide bonds. The van der Waals surface area contributed by atoms with E-state index in [4.69, 9.17) is 0 Å². The summed E-state index contributed by atoms with van der Waals surface area (Å²) < 4.78 is 0. The number of carbonyl (C=O) groups excluding carboxylic acids is 1. The molecule has 0 aromatic carbocycles. The smallest absolute Gasteiger partial charge is 0.204 e. The highest BCUT2D eigenvalue weighted by molar-refractivity contribution is 5.58. The summed E-state index contributed by atoms with van der Waals surface area (Å²) in [6.45, 7) is 3.91. The molecule has 0 N–H and O–H groups in total. The predicted octanol–water partition coefficient (Wildman–Crippen LogP) is 1.92. The maximum absolute atomic E-state index is 10.3. The van der Waals surface area contributed by atoms with Crippen LogP contribution in [0.4, 0.5) is 0 Å². The van der Waals surface area contributed by atoms with Crippen molar-refractivity contribution in [2.45, 2.75) is 33.1 Å². The van der Waals surface area contributed by atoms with E-state index in [1.807, 2.05) is 13.8 Å². The lowest BCUT2D eigenvalue weighted by molar-refractivity contribution is 0.404. The zero-order valence-corrected chi connectivity index (χ0v) is 6.11. The van der Waals surface area contributed by atoms with Crippen LogP contribution < -0.4 is 0 Å². The van der Waals surface area contributed by atoms with E-state index in [9.17, 15) is 4.79 Å². The van der Waals surface area contributed by atoms with Crippen LogP contribution in [0.1, 0.15) is 33.1 Å². The molecular formula is C8H13O. The second-order valence-corrected chi connectivity index (χ2v) is 3.63. The Morgan fingerprint density at radius 2 is 2.11 bits per heavy atom. The average Bonchev–Trinajstić information content (AvgIpc) is 2.50. The maximum atomic E-state index is 10.3. The summed E-state index contributed by atoms with van der Waals surface area (Å²) in [7, 11) is 0. The van der Waals surface area contributed by atoms with Crippen LogP contribution in [-0.2, 0) is 4.79 Å². The lowest BCUT2D eigenvalue weighted by Gasteiger charge is -2.13. The molecule has 1 radical (unpaired) electrons. The highest BCUT2D eigenvalue weighted by atomic mass is 16.1. The molecule has 0 heterocycles. The van der Waals surface area contributed by atoms with Crippen molar-refractivity contribution in [3.8, 4) is 0 Å². The predicted molar refractivity (Wildman–Crippen MR) is 36.8 cm³/mol. The fourth-order valence-electron chi connectivity index (χ4n) is 1.09. The topological polar surface area (TPSA) is 17.1 Å². The molecule has 1 rings (SSSR count). The summed E-state index contributed by atoms with van der Waals surface area (Å²) in [6, 6.07) is 0. The molecule has 1 fully saturated rings. The van der Waals surface area contributed by atoms with Gasteiger partial charge in [-0.1, -0.05) is 26.7 Å². The molecule has 0 bridgehead atoms. The quantitative estimate of drug-likeness (QED) is 0.563. The first-order chi connectivity index (χ1) is 4.14. The van der Waals surface area contributed by atoms with Crippen molar-refractivity contribution in [2.24, 2.45) is 11.3 Å². The third kappa shape index (κ3) is 2.17. The van der Waals surface area contributed by atoms with Gasteiger partial charge in [0.15, 0.2) is 0 Å². The van der Waals surface area contributed by atoms with Crippen molar-refractivity contribution in [1.29, 1.82) is 0 Å². The van der Waals surface area contributed by atoms with Gasteiger partial charge in [0.05, 0.1) is 0 Å². The van der Waals surface area contributed by atoms with Gasteiger partial charge in [-0.05, 0) is 12.3 Å². The highest BCUT2D eigenvalue weighted by Crippen LogP contribution is 2.38. The lowest BCUT2D eigenvalue weighted by atomic mass is 9.89. The normalized spacial score (nSPS) is 19.8. The molecule has 0 unspecified atom stereocenters. The van der Waals surface area contributed by atoms with Gasteiger partial charge in [0.25, 0.3) is 0 Å². The van der Waals surface area contributed by atoms with Gasteiger partial charge in [0.2, 0.25) is 6.29 Å². The minimum absolute atomic E-state index is 0.179. The van der Waals surface area contributed by atoms with Gasteiger partial charge in [-0.2, -0.15) is 0 Å². The molecule has 1 saturated carbocycles. The zero-order chi connectivity index (χ0) is 6.91. The van der Waals surface area contributed by atoms with Gasteiger partial charge in [0, 0.05) is 5.41 Å². The molecule has 1 aliphatic carbocycles. The van der Waals surface area contributed by atoms with E-state index in [2.05, 4.69) is 6.29 Å². The first-order valence-corrected chi connectivity index (χ1v) is 3.53. The van der Waals surface area contributed by atoms with E-state index in [-0.39, 0.29) is 5.41 Å². The Labute approximate surface area is 56.4 Å². The summed E-state index contributed by atoms with van der Waals surface area (Å²) >= 11 is 0. The third-order valence-electron chi connectivity index (χ3n) is 1.77. The fraction of sp³-hybridized carbons (Fsp3) is 0.875. The largest absolute Gasteiger partial charge is 0.290 e. The van der Waals surface area contributed by atoms with Gasteiger partial charge in [0.1, 0.15) is 0 Å². The molecule has 0 aromatic rings. The van der Waals surface area contributed by atoms with Crippen LogP contribution in [0.25, 0.3) is 0 Å². The van der Waals surface area contributed by atoms with E-state index >= 15 is 0 Å². The number of rotatable bonds is 3. The molecule has 0 aliphatic heterocycles. The monoisotopic (exact) mass is 125 g/mol. The van der Waals surface area contributed by atoms with Crippen molar-refractivity contribution >= 4 is 6.29 Å². The Morgan fingerprint density at radius 3 is 2.44 bits per heavy atom. The van der Waals surface area contributed by atoms with Crippen LogP contribution in [0.15, 0.2) is 0 Å². The number of hydrogen-bond donors (Lipinski definition) is 0. The minimum Gasteiger partial charge on any atom is -0.290 e. The standard InChI is InChI=1S/C8H13O/c1-8(2,6-9)5-7-3-4-7/h7H,3-5H2,1-2H3. The van der Waals surface area contributed by atoms with Crippen molar-refractivity contribution < 1.29 is 4.79 Å².